The smallest absolute Gasteiger partial charge is 0.316 e. The number of thioether (sulfide) groups is 1. The third-order valence-corrected chi connectivity index (χ3v) is 8.21. The topological polar surface area (TPSA) is 109 Å². The molecule has 7 nitrogen and oxygen atoms in total. The van der Waals surface area contributed by atoms with Gasteiger partial charge in [0.15, 0.2) is 11.4 Å². The number of pyridine rings is 1. The third-order valence-electron chi connectivity index (χ3n) is 5.91. The van der Waals surface area contributed by atoms with Gasteiger partial charge in [0, 0.05) is 16.6 Å². The molecule has 0 saturated heterocycles. The van der Waals surface area contributed by atoms with Crippen molar-refractivity contribution in [1.82, 2.24) is 9.38 Å². The number of carboxylic acids is 1. The zero-order chi connectivity index (χ0) is 24.1. The second kappa shape index (κ2) is 8.52. The second-order valence-electron chi connectivity index (χ2n) is 8.18. The van der Waals surface area contributed by atoms with Crippen molar-refractivity contribution < 1.29 is 24.2 Å². The molecule has 0 fully saturated rings. The number of aromatic hydroxyl groups is 1. The largest absolute Gasteiger partial charge is 0.507 e. The number of carbonyl (C=O) groups excluding carboxylic acids is 1. The van der Waals surface area contributed by atoms with E-state index in [4.69, 9.17) is 4.98 Å². The quantitative estimate of drug-likeness (QED) is 0.310. The van der Waals surface area contributed by atoms with Crippen LogP contribution in [0.25, 0.3) is 15.9 Å². The summed E-state index contributed by atoms with van der Waals surface area (Å²) in [6.45, 7) is 1.50. The Balaban J connectivity index is 1.78. The Hall–Kier alpha value is -3.24. The molecule has 4 aromatic rings. The number of carbonyl (C=O) groups is 2. The molecule has 0 radical (unpaired) electrons. The normalized spacial score (nSPS) is 14.3. The van der Waals surface area contributed by atoms with Gasteiger partial charge < -0.3 is 10.2 Å². The number of thiophene rings is 1. The minimum absolute atomic E-state index is 0.0147. The van der Waals surface area contributed by atoms with Crippen molar-refractivity contribution in [3.05, 3.63) is 68.2 Å². The Bertz CT molecular complexity index is 1560. The van der Waals surface area contributed by atoms with Crippen molar-refractivity contribution in [3.8, 4) is 5.75 Å². The second-order valence-corrected chi connectivity index (χ2v) is 10.6. The lowest BCUT2D eigenvalue weighted by Gasteiger charge is -2.13. The van der Waals surface area contributed by atoms with Gasteiger partial charge in [0.2, 0.25) is 0 Å². The van der Waals surface area contributed by atoms with Crippen LogP contribution in [0.3, 0.4) is 0 Å². The Kier molecular flexibility index (Phi) is 5.65. The van der Waals surface area contributed by atoms with Crippen LogP contribution in [0.1, 0.15) is 46.1 Å². The first-order valence-electron chi connectivity index (χ1n) is 10.7. The number of hydrogen-bond acceptors (Lipinski definition) is 7. The van der Waals surface area contributed by atoms with Gasteiger partial charge in [-0.25, -0.2) is 9.37 Å². The molecule has 2 N–H and O–H groups in total. The van der Waals surface area contributed by atoms with Crippen molar-refractivity contribution in [1.29, 1.82) is 0 Å². The number of aryl methyl sites for hydroxylation is 2. The van der Waals surface area contributed by atoms with Crippen molar-refractivity contribution in [2.75, 3.05) is 0 Å². The summed E-state index contributed by atoms with van der Waals surface area (Å²) in [6.07, 6.45) is 5.03. The minimum atomic E-state index is -1.06. The number of rotatable bonds is 5. The van der Waals surface area contributed by atoms with Gasteiger partial charge in [0.25, 0.3) is 5.56 Å². The van der Waals surface area contributed by atoms with Crippen LogP contribution in [0.2, 0.25) is 0 Å². The van der Waals surface area contributed by atoms with Gasteiger partial charge in [-0.3, -0.25) is 18.8 Å². The molecule has 0 aliphatic heterocycles. The summed E-state index contributed by atoms with van der Waals surface area (Å²) in [5.41, 5.74) is 0.680. The number of aliphatic carboxylic acids is 1. The standard InChI is InChI=1S/C24H19FN2O5S2/c1-11(24(31)32)33-18-8-12(20(29)15-9-13(25)6-7-16(15)28)10-27-21(18)26-22-19(23(27)30)14-4-2-3-5-17(14)34-22/h6-11,28H,2-5H2,1H3,(H,31,32)/t11-/m1/s1. The van der Waals surface area contributed by atoms with Gasteiger partial charge in [0.1, 0.15) is 21.6 Å². The molecule has 1 aliphatic carbocycles. The number of halogens is 1. The van der Waals surface area contributed by atoms with Gasteiger partial charge in [0.05, 0.1) is 15.8 Å². The first kappa shape index (κ1) is 22.5. The molecule has 3 aromatic heterocycles. The fraction of sp³-hybridized carbons (Fsp3) is 0.250. The van der Waals surface area contributed by atoms with Crippen LogP contribution < -0.4 is 5.56 Å². The molecule has 10 heteroatoms. The summed E-state index contributed by atoms with van der Waals surface area (Å²) in [7, 11) is 0. The number of phenols is 1. The minimum Gasteiger partial charge on any atom is -0.507 e. The van der Waals surface area contributed by atoms with Gasteiger partial charge in [-0.1, -0.05) is 0 Å². The van der Waals surface area contributed by atoms with Crippen LogP contribution in [0, 0.1) is 5.82 Å². The number of hydrogen-bond donors (Lipinski definition) is 2. The lowest BCUT2D eigenvalue weighted by atomic mass is 9.97. The Morgan fingerprint density at radius 1 is 1.24 bits per heavy atom. The van der Waals surface area contributed by atoms with Crippen molar-refractivity contribution >= 4 is 50.7 Å². The van der Waals surface area contributed by atoms with Crippen LogP contribution in [0.5, 0.6) is 5.75 Å². The van der Waals surface area contributed by atoms with E-state index in [1.807, 2.05) is 0 Å². The van der Waals surface area contributed by atoms with E-state index in [2.05, 4.69) is 0 Å². The average molecular weight is 499 g/mol. The van der Waals surface area contributed by atoms with E-state index in [9.17, 15) is 29.0 Å². The van der Waals surface area contributed by atoms with Crippen LogP contribution in [-0.2, 0) is 17.6 Å². The fourth-order valence-electron chi connectivity index (χ4n) is 4.19. The van der Waals surface area contributed by atoms with Crippen molar-refractivity contribution in [2.24, 2.45) is 0 Å². The predicted octanol–water partition coefficient (Wildman–Crippen LogP) is 4.43. The lowest BCUT2D eigenvalue weighted by molar-refractivity contribution is -0.136. The predicted molar refractivity (Wildman–Crippen MR) is 128 cm³/mol. The number of fused-ring (bicyclic) bond motifs is 4. The van der Waals surface area contributed by atoms with Gasteiger partial charge in [-0.2, -0.15) is 0 Å². The summed E-state index contributed by atoms with van der Waals surface area (Å²) >= 11 is 2.44. The maximum Gasteiger partial charge on any atom is 0.316 e. The molecule has 174 valence electrons. The molecule has 1 atom stereocenters. The highest BCUT2D eigenvalue weighted by atomic mass is 32.2. The molecule has 3 heterocycles. The molecule has 1 aromatic carbocycles. The van der Waals surface area contributed by atoms with E-state index in [1.54, 1.807) is 0 Å². The molecule has 0 unspecified atom stereocenters. The zero-order valence-electron chi connectivity index (χ0n) is 18.0. The maximum absolute atomic E-state index is 13.8. The van der Waals surface area contributed by atoms with E-state index < -0.39 is 28.6 Å². The Morgan fingerprint density at radius 3 is 2.76 bits per heavy atom. The first-order chi connectivity index (χ1) is 16.2. The molecular weight excluding hydrogens is 479 g/mol. The zero-order valence-corrected chi connectivity index (χ0v) is 19.6. The molecular formula is C24H19FN2O5S2. The van der Waals surface area contributed by atoms with E-state index >= 15 is 0 Å². The number of phenolic OH excluding ortho intramolecular Hbond substituents is 1. The Morgan fingerprint density at radius 2 is 2.00 bits per heavy atom. The highest BCUT2D eigenvalue weighted by Crippen LogP contribution is 2.36. The number of carboxylic acid groups (broad SMARTS) is 1. The van der Waals surface area contributed by atoms with Gasteiger partial charge >= 0.3 is 5.97 Å². The monoisotopic (exact) mass is 498 g/mol. The molecule has 5 rings (SSSR count). The van der Waals surface area contributed by atoms with Crippen LogP contribution in [0.4, 0.5) is 4.39 Å². The van der Waals surface area contributed by atoms with Crippen molar-refractivity contribution in [3.63, 3.8) is 0 Å². The van der Waals surface area contributed by atoms with E-state index in [0.717, 1.165) is 66.1 Å². The van der Waals surface area contributed by atoms with Crippen LogP contribution in [-0.4, -0.2) is 36.6 Å². The average Bonchev–Trinajstić information content (AvgIpc) is 3.19. The Labute approximate surface area is 200 Å². The number of nitrogens with zero attached hydrogens (tertiary/aromatic N) is 2. The lowest BCUT2D eigenvalue weighted by Crippen LogP contribution is -2.19. The molecule has 0 spiro atoms. The van der Waals surface area contributed by atoms with E-state index in [0.29, 0.717) is 15.1 Å². The summed E-state index contributed by atoms with van der Waals surface area (Å²) in [5, 5.41) is 19.2. The SMILES string of the molecule is C[C@@H](Sc1cc(C(=O)c2cc(F)ccc2O)cn2c(=O)c3c4c(sc3nc12)CCCC4)C(=O)O. The van der Waals surface area contributed by atoms with Gasteiger partial charge in [-0.15, -0.1) is 23.1 Å². The number of ketones is 1. The first-order valence-corrected chi connectivity index (χ1v) is 12.4. The number of aromatic nitrogens is 2. The van der Waals surface area contributed by atoms with Crippen LogP contribution in [0.15, 0.2) is 40.2 Å². The summed E-state index contributed by atoms with van der Waals surface area (Å²) in [5.74, 6) is -2.84. The summed E-state index contributed by atoms with van der Waals surface area (Å²) in [4.78, 5) is 45.1. The molecule has 1 aliphatic rings. The highest BCUT2D eigenvalue weighted by molar-refractivity contribution is 8.00. The molecule has 0 bridgehead atoms. The van der Waals surface area contributed by atoms with E-state index in [-0.39, 0.29) is 22.3 Å². The molecule has 34 heavy (non-hydrogen) atoms. The highest BCUT2D eigenvalue weighted by Gasteiger charge is 2.24. The van der Waals surface area contributed by atoms with E-state index in [1.165, 1.54) is 34.9 Å². The molecule has 0 amide bonds. The van der Waals surface area contributed by atoms with Crippen molar-refractivity contribution in [2.45, 2.75) is 42.8 Å². The van der Waals surface area contributed by atoms with Crippen LogP contribution >= 0.6 is 23.1 Å². The fourth-order valence-corrected chi connectivity index (χ4v) is 6.37. The number of benzene rings is 1. The summed E-state index contributed by atoms with van der Waals surface area (Å²) < 4.78 is 15.1. The van der Waals surface area contributed by atoms with Gasteiger partial charge in [-0.05, 0) is 62.4 Å². The maximum atomic E-state index is 13.8. The third kappa shape index (κ3) is 3.76. The summed E-state index contributed by atoms with van der Waals surface area (Å²) in [6, 6.07) is 4.49. The molecule has 0 saturated carbocycles.